The minimum atomic E-state index is -1.20. The Morgan fingerprint density at radius 1 is 1.06 bits per heavy atom. The third-order valence-electron chi connectivity index (χ3n) is 5.58. The van der Waals surface area contributed by atoms with Gasteiger partial charge in [0.15, 0.2) is 0 Å². The van der Waals surface area contributed by atoms with Crippen LogP contribution in [-0.2, 0) is 14.3 Å². The number of carbonyl (C=O) groups excluding carboxylic acids is 2. The third kappa shape index (κ3) is 5.82. The van der Waals surface area contributed by atoms with E-state index in [0.29, 0.717) is 11.8 Å². The van der Waals surface area contributed by atoms with Gasteiger partial charge in [0.2, 0.25) is 5.91 Å². The molecule has 1 aliphatic rings. The molecule has 3 N–H and O–H groups in total. The van der Waals surface area contributed by atoms with E-state index in [4.69, 9.17) is 9.84 Å². The lowest BCUT2D eigenvalue weighted by atomic mass is 9.98. The zero-order valence-electron chi connectivity index (χ0n) is 18.2. The summed E-state index contributed by atoms with van der Waals surface area (Å²) in [6.45, 7) is 2.54. The largest absolute Gasteiger partial charge is 0.481 e. The molecule has 32 heavy (non-hydrogen) atoms. The lowest BCUT2D eigenvalue weighted by molar-refractivity contribution is -0.139. The van der Waals surface area contributed by atoms with Gasteiger partial charge in [0.25, 0.3) is 0 Å². The Balaban J connectivity index is 1.60. The van der Waals surface area contributed by atoms with E-state index in [0.717, 1.165) is 28.7 Å². The molecule has 0 fully saturated rings. The van der Waals surface area contributed by atoms with Gasteiger partial charge >= 0.3 is 12.1 Å². The zero-order chi connectivity index (χ0) is 23.1. The highest BCUT2D eigenvalue weighted by Gasteiger charge is 2.30. The van der Waals surface area contributed by atoms with Gasteiger partial charge in [-0.05, 0) is 34.9 Å². The second-order valence-electron chi connectivity index (χ2n) is 7.75. The minimum Gasteiger partial charge on any atom is -0.481 e. The van der Waals surface area contributed by atoms with Crippen LogP contribution in [0.2, 0.25) is 0 Å². The van der Waals surface area contributed by atoms with Crippen LogP contribution in [0.3, 0.4) is 0 Å². The van der Waals surface area contributed by atoms with Crippen molar-refractivity contribution in [3.05, 3.63) is 59.7 Å². The van der Waals surface area contributed by atoms with E-state index in [-0.39, 0.29) is 12.5 Å². The predicted molar refractivity (Wildman–Crippen MR) is 125 cm³/mol. The van der Waals surface area contributed by atoms with Gasteiger partial charge in [-0.25, -0.2) is 4.79 Å². The summed E-state index contributed by atoms with van der Waals surface area (Å²) in [5.41, 5.74) is 4.37. The summed E-state index contributed by atoms with van der Waals surface area (Å²) in [5, 5.41) is 14.6. The quantitative estimate of drug-likeness (QED) is 0.504. The number of carbonyl (C=O) groups is 3. The third-order valence-corrected chi connectivity index (χ3v) is 6.62. The second kappa shape index (κ2) is 11.0. The number of alkyl carbamates (subject to hydrolysis) is 1. The maximum Gasteiger partial charge on any atom is 0.407 e. The Hall–Kier alpha value is -3.00. The van der Waals surface area contributed by atoms with Crippen LogP contribution < -0.4 is 10.6 Å². The summed E-state index contributed by atoms with van der Waals surface area (Å²) in [7, 11) is 0. The molecule has 2 amide bonds. The Labute approximate surface area is 191 Å². The number of rotatable bonds is 10. The Morgan fingerprint density at radius 2 is 1.66 bits per heavy atom. The molecule has 170 valence electrons. The highest BCUT2D eigenvalue weighted by atomic mass is 32.2. The number of thioether (sulfide) groups is 1. The highest BCUT2D eigenvalue weighted by Crippen LogP contribution is 2.44. The van der Waals surface area contributed by atoms with Crippen LogP contribution in [0.15, 0.2) is 48.5 Å². The fourth-order valence-electron chi connectivity index (χ4n) is 3.81. The van der Waals surface area contributed by atoms with E-state index in [1.54, 1.807) is 11.8 Å². The number of nitrogens with one attached hydrogen (secondary N) is 2. The number of carboxylic acid groups (broad SMARTS) is 1. The number of aliphatic carboxylic acids is 1. The molecule has 2 aromatic rings. The van der Waals surface area contributed by atoms with Gasteiger partial charge in [0.05, 0.1) is 6.42 Å². The van der Waals surface area contributed by atoms with Crippen LogP contribution >= 0.6 is 11.8 Å². The van der Waals surface area contributed by atoms with E-state index in [1.807, 2.05) is 61.7 Å². The van der Waals surface area contributed by atoms with Gasteiger partial charge in [-0.2, -0.15) is 11.8 Å². The van der Waals surface area contributed by atoms with E-state index in [9.17, 15) is 14.4 Å². The van der Waals surface area contributed by atoms with Crippen LogP contribution in [-0.4, -0.2) is 53.8 Å². The molecule has 7 nitrogen and oxygen atoms in total. The summed E-state index contributed by atoms with van der Waals surface area (Å²) >= 11 is 1.68. The smallest absolute Gasteiger partial charge is 0.407 e. The number of hydrogen-bond donors (Lipinski definition) is 3. The Bertz CT molecular complexity index is 935. The molecule has 2 atom stereocenters. The first-order chi connectivity index (χ1) is 15.4. The summed E-state index contributed by atoms with van der Waals surface area (Å²) in [5.74, 6) is -1.83. The molecule has 2 aromatic carbocycles. The first-order valence-corrected chi connectivity index (χ1v) is 11.8. The van der Waals surface area contributed by atoms with Crippen molar-refractivity contribution in [1.82, 2.24) is 10.6 Å². The standard InChI is InChI=1S/C24H28N2O5S/c1-15(32-2)11-12-25-23(29)21(13-22(27)28)26-24(30)31-14-20-18-9-5-3-7-16(18)17-8-4-6-10-19(17)20/h3-10,15,20-21H,11-14H2,1-2H3,(H,25,29)(H,26,30)(H,27,28). The average molecular weight is 457 g/mol. The number of amides is 2. The number of hydrogen-bond acceptors (Lipinski definition) is 5. The normalized spacial score (nSPS) is 14.1. The first kappa shape index (κ1) is 23.7. The second-order valence-corrected chi connectivity index (χ2v) is 9.02. The van der Waals surface area contributed by atoms with E-state index in [2.05, 4.69) is 10.6 Å². The molecule has 8 heteroatoms. The molecule has 0 aromatic heterocycles. The molecule has 0 saturated heterocycles. The van der Waals surface area contributed by atoms with Crippen LogP contribution in [0, 0.1) is 0 Å². The SMILES string of the molecule is CSC(C)CCNC(=O)C(CC(=O)O)NC(=O)OCC1c2ccccc2-c2ccccc21. The zero-order valence-corrected chi connectivity index (χ0v) is 19.0. The molecule has 0 heterocycles. The average Bonchev–Trinajstić information content (AvgIpc) is 3.10. The van der Waals surface area contributed by atoms with Crippen LogP contribution in [0.4, 0.5) is 4.79 Å². The van der Waals surface area contributed by atoms with Crippen LogP contribution in [0.5, 0.6) is 0 Å². The summed E-state index contributed by atoms with van der Waals surface area (Å²) in [4.78, 5) is 36.0. The van der Waals surface area contributed by atoms with Gasteiger partial charge in [-0.15, -0.1) is 0 Å². The van der Waals surface area contributed by atoms with Crippen molar-refractivity contribution in [3.8, 4) is 11.1 Å². The van der Waals surface area contributed by atoms with Gasteiger partial charge in [-0.3, -0.25) is 9.59 Å². The predicted octanol–water partition coefficient (Wildman–Crippen LogP) is 3.63. The number of carboxylic acids is 1. The number of fused-ring (bicyclic) bond motifs is 3. The lowest BCUT2D eigenvalue weighted by Crippen LogP contribution is -2.48. The fourth-order valence-corrected chi connectivity index (χ4v) is 4.16. The van der Waals surface area contributed by atoms with Crippen molar-refractivity contribution in [2.45, 2.75) is 37.0 Å². The number of benzene rings is 2. The van der Waals surface area contributed by atoms with Gasteiger partial charge < -0.3 is 20.5 Å². The molecule has 0 saturated carbocycles. The number of ether oxygens (including phenoxy) is 1. The van der Waals surface area contributed by atoms with Gasteiger partial charge in [0, 0.05) is 17.7 Å². The molecule has 0 aliphatic heterocycles. The van der Waals surface area contributed by atoms with E-state index in [1.165, 1.54) is 0 Å². The molecule has 0 spiro atoms. The van der Waals surface area contributed by atoms with Gasteiger partial charge in [0.1, 0.15) is 12.6 Å². The molecule has 0 radical (unpaired) electrons. The molecule has 2 unspecified atom stereocenters. The summed E-state index contributed by atoms with van der Waals surface area (Å²) in [6, 6.07) is 14.7. The Morgan fingerprint density at radius 3 is 2.22 bits per heavy atom. The maximum atomic E-state index is 12.4. The van der Waals surface area contributed by atoms with E-state index >= 15 is 0 Å². The monoisotopic (exact) mass is 456 g/mol. The molecule has 3 rings (SSSR count). The molecular formula is C24H28N2O5S. The van der Waals surface area contributed by atoms with Crippen molar-refractivity contribution in [2.75, 3.05) is 19.4 Å². The van der Waals surface area contributed by atoms with Crippen molar-refractivity contribution in [2.24, 2.45) is 0 Å². The lowest BCUT2D eigenvalue weighted by Gasteiger charge is -2.19. The van der Waals surface area contributed by atoms with Crippen molar-refractivity contribution in [3.63, 3.8) is 0 Å². The van der Waals surface area contributed by atoms with Crippen molar-refractivity contribution >= 4 is 29.7 Å². The first-order valence-electron chi connectivity index (χ1n) is 10.5. The highest BCUT2D eigenvalue weighted by molar-refractivity contribution is 7.99. The molecular weight excluding hydrogens is 428 g/mol. The van der Waals surface area contributed by atoms with Crippen molar-refractivity contribution < 1.29 is 24.2 Å². The maximum absolute atomic E-state index is 12.4. The molecule has 1 aliphatic carbocycles. The van der Waals surface area contributed by atoms with Crippen LogP contribution in [0.25, 0.3) is 11.1 Å². The topological polar surface area (TPSA) is 105 Å². The summed E-state index contributed by atoms with van der Waals surface area (Å²) in [6.07, 6.45) is 1.40. The minimum absolute atomic E-state index is 0.0898. The van der Waals surface area contributed by atoms with Crippen LogP contribution in [0.1, 0.15) is 36.8 Å². The summed E-state index contributed by atoms with van der Waals surface area (Å²) < 4.78 is 5.44. The van der Waals surface area contributed by atoms with E-state index < -0.39 is 30.4 Å². The fraction of sp³-hybridized carbons (Fsp3) is 0.375. The van der Waals surface area contributed by atoms with Crippen molar-refractivity contribution in [1.29, 1.82) is 0 Å². The Kier molecular flexibility index (Phi) is 8.16. The molecule has 0 bridgehead atoms. The van der Waals surface area contributed by atoms with Gasteiger partial charge in [-0.1, -0.05) is 55.5 Å².